The van der Waals surface area contributed by atoms with Gasteiger partial charge in [-0.1, -0.05) is 0 Å². The molecule has 3 N–H and O–H groups in total. The Balaban J connectivity index is 1.78. The SMILES string of the molecule is CN(Cc1cc(N)n[nH]1)c1ccc2c(c1)OCO2. The van der Waals surface area contributed by atoms with Gasteiger partial charge in [0.2, 0.25) is 6.79 Å². The Bertz CT molecular complexity index is 567. The van der Waals surface area contributed by atoms with E-state index in [1.54, 1.807) is 0 Å². The summed E-state index contributed by atoms with van der Waals surface area (Å²) in [4.78, 5) is 2.08. The highest BCUT2D eigenvalue weighted by molar-refractivity contribution is 5.57. The Labute approximate surface area is 104 Å². The molecule has 3 rings (SSSR count). The molecule has 0 saturated carbocycles. The van der Waals surface area contributed by atoms with Gasteiger partial charge in [0.05, 0.1) is 12.2 Å². The summed E-state index contributed by atoms with van der Waals surface area (Å²) in [7, 11) is 1.99. The highest BCUT2D eigenvalue weighted by Crippen LogP contribution is 2.35. The molecule has 0 spiro atoms. The molecule has 0 atom stereocenters. The van der Waals surface area contributed by atoms with Gasteiger partial charge in [-0.3, -0.25) is 5.10 Å². The minimum absolute atomic E-state index is 0.291. The van der Waals surface area contributed by atoms with Crippen LogP contribution in [0.15, 0.2) is 24.3 Å². The van der Waals surface area contributed by atoms with Crippen molar-refractivity contribution >= 4 is 11.5 Å². The van der Waals surface area contributed by atoms with Gasteiger partial charge in [0.15, 0.2) is 11.5 Å². The first-order valence-electron chi connectivity index (χ1n) is 5.63. The Morgan fingerprint density at radius 2 is 2.17 bits per heavy atom. The summed E-state index contributed by atoms with van der Waals surface area (Å²) < 4.78 is 10.6. The lowest BCUT2D eigenvalue weighted by Gasteiger charge is -2.18. The van der Waals surface area contributed by atoms with Crippen LogP contribution in [0.3, 0.4) is 0 Å². The monoisotopic (exact) mass is 246 g/mol. The number of rotatable bonds is 3. The molecule has 6 nitrogen and oxygen atoms in total. The van der Waals surface area contributed by atoms with Gasteiger partial charge in [-0.05, 0) is 12.1 Å². The maximum atomic E-state index is 5.57. The first-order valence-corrected chi connectivity index (χ1v) is 5.63. The number of aromatic amines is 1. The Hall–Kier alpha value is -2.37. The third-order valence-electron chi connectivity index (χ3n) is 2.86. The standard InChI is InChI=1S/C12H14N4O2/c1-16(6-8-4-12(13)15-14-8)9-2-3-10-11(5-9)18-7-17-10/h2-5H,6-7H2,1H3,(H3,13,14,15). The molecule has 6 heteroatoms. The fourth-order valence-corrected chi connectivity index (χ4v) is 1.93. The summed E-state index contributed by atoms with van der Waals surface area (Å²) >= 11 is 0. The van der Waals surface area contributed by atoms with E-state index in [2.05, 4.69) is 15.1 Å². The van der Waals surface area contributed by atoms with Crippen LogP contribution in [0, 0.1) is 0 Å². The van der Waals surface area contributed by atoms with Crippen LogP contribution in [-0.2, 0) is 6.54 Å². The number of nitrogens with two attached hydrogens (primary N) is 1. The fraction of sp³-hybridized carbons (Fsp3) is 0.250. The maximum Gasteiger partial charge on any atom is 0.231 e. The summed E-state index contributed by atoms with van der Waals surface area (Å²) in [5.74, 6) is 2.07. The van der Waals surface area contributed by atoms with E-state index in [0.29, 0.717) is 19.2 Å². The predicted molar refractivity (Wildman–Crippen MR) is 67.7 cm³/mol. The Morgan fingerprint density at radius 1 is 1.33 bits per heavy atom. The molecule has 1 aliphatic heterocycles. The number of nitrogen functional groups attached to an aromatic ring is 1. The maximum absolute atomic E-state index is 5.57. The van der Waals surface area contributed by atoms with E-state index in [4.69, 9.17) is 15.2 Å². The Morgan fingerprint density at radius 3 is 2.94 bits per heavy atom. The molecule has 0 unspecified atom stereocenters. The number of benzene rings is 1. The summed E-state index contributed by atoms with van der Waals surface area (Å²) in [6.45, 7) is 0.990. The molecule has 1 aliphatic rings. The highest BCUT2D eigenvalue weighted by Gasteiger charge is 2.14. The molecule has 0 amide bonds. The smallest absolute Gasteiger partial charge is 0.231 e. The topological polar surface area (TPSA) is 76.4 Å². The van der Waals surface area contributed by atoms with Crippen LogP contribution in [0.5, 0.6) is 11.5 Å². The average Bonchev–Trinajstić information content (AvgIpc) is 2.96. The number of nitrogens with zero attached hydrogens (tertiary/aromatic N) is 2. The summed E-state index contributed by atoms with van der Waals surface area (Å²) in [6.07, 6.45) is 0. The number of hydrogen-bond donors (Lipinski definition) is 2. The van der Waals surface area contributed by atoms with Crippen molar-refractivity contribution in [3.8, 4) is 11.5 Å². The average molecular weight is 246 g/mol. The van der Waals surface area contributed by atoms with E-state index >= 15 is 0 Å². The van der Waals surface area contributed by atoms with Crippen LogP contribution < -0.4 is 20.1 Å². The third kappa shape index (κ3) is 1.92. The zero-order chi connectivity index (χ0) is 12.5. The number of fused-ring (bicyclic) bond motifs is 1. The minimum atomic E-state index is 0.291. The molecule has 0 aliphatic carbocycles. The lowest BCUT2D eigenvalue weighted by Crippen LogP contribution is -2.16. The van der Waals surface area contributed by atoms with E-state index < -0.39 is 0 Å². The molecular formula is C12H14N4O2. The van der Waals surface area contributed by atoms with Crippen LogP contribution in [-0.4, -0.2) is 24.0 Å². The number of H-pyrrole nitrogens is 1. The van der Waals surface area contributed by atoms with Gasteiger partial charge in [-0.2, -0.15) is 5.10 Å². The minimum Gasteiger partial charge on any atom is -0.454 e. The molecule has 0 saturated heterocycles. The van der Waals surface area contributed by atoms with Crippen LogP contribution in [0.25, 0.3) is 0 Å². The van der Waals surface area contributed by atoms with Crippen molar-refractivity contribution in [2.24, 2.45) is 0 Å². The van der Waals surface area contributed by atoms with Crippen molar-refractivity contribution in [1.29, 1.82) is 0 Å². The van der Waals surface area contributed by atoms with Crippen molar-refractivity contribution in [2.75, 3.05) is 24.5 Å². The highest BCUT2D eigenvalue weighted by atomic mass is 16.7. The number of ether oxygens (including phenoxy) is 2. The van der Waals surface area contributed by atoms with Gasteiger partial charge < -0.3 is 20.1 Å². The van der Waals surface area contributed by atoms with Crippen molar-refractivity contribution in [3.05, 3.63) is 30.0 Å². The molecule has 1 aromatic carbocycles. The molecule has 94 valence electrons. The molecule has 0 fully saturated rings. The van der Waals surface area contributed by atoms with Crippen LogP contribution in [0.2, 0.25) is 0 Å². The van der Waals surface area contributed by atoms with Gasteiger partial charge in [-0.15, -0.1) is 0 Å². The van der Waals surface area contributed by atoms with E-state index in [1.807, 2.05) is 31.3 Å². The van der Waals surface area contributed by atoms with E-state index in [-0.39, 0.29) is 0 Å². The van der Waals surface area contributed by atoms with Crippen molar-refractivity contribution < 1.29 is 9.47 Å². The van der Waals surface area contributed by atoms with Gasteiger partial charge in [-0.25, -0.2) is 0 Å². The number of hydrogen-bond acceptors (Lipinski definition) is 5. The lowest BCUT2D eigenvalue weighted by molar-refractivity contribution is 0.174. The second-order valence-electron chi connectivity index (χ2n) is 4.21. The first-order chi connectivity index (χ1) is 8.72. The lowest BCUT2D eigenvalue weighted by atomic mass is 10.2. The fourth-order valence-electron chi connectivity index (χ4n) is 1.93. The second kappa shape index (κ2) is 4.14. The number of nitrogens with one attached hydrogen (secondary N) is 1. The van der Waals surface area contributed by atoms with Gasteiger partial charge >= 0.3 is 0 Å². The summed E-state index contributed by atoms with van der Waals surface area (Å²) in [5.41, 5.74) is 7.58. The van der Waals surface area contributed by atoms with Crippen LogP contribution >= 0.6 is 0 Å². The van der Waals surface area contributed by atoms with Crippen molar-refractivity contribution in [1.82, 2.24) is 10.2 Å². The Kier molecular flexibility index (Phi) is 2.47. The number of anilines is 2. The van der Waals surface area contributed by atoms with Gasteiger partial charge in [0, 0.05) is 24.9 Å². The van der Waals surface area contributed by atoms with Crippen LogP contribution in [0.1, 0.15) is 5.69 Å². The van der Waals surface area contributed by atoms with Crippen molar-refractivity contribution in [3.63, 3.8) is 0 Å². The quantitative estimate of drug-likeness (QED) is 0.855. The second-order valence-corrected chi connectivity index (χ2v) is 4.21. The van der Waals surface area contributed by atoms with E-state index in [9.17, 15) is 0 Å². The molecule has 2 heterocycles. The van der Waals surface area contributed by atoms with Crippen molar-refractivity contribution in [2.45, 2.75) is 6.54 Å². The first kappa shape index (κ1) is 10.8. The van der Waals surface area contributed by atoms with E-state index in [0.717, 1.165) is 22.9 Å². The summed E-state index contributed by atoms with van der Waals surface area (Å²) in [6, 6.07) is 7.69. The van der Waals surface area contributed by atoms with E-state index in [1.165, 1.54) is 0 Å². The summed E-state index contributed by atoms with van der Waals surface area (Å²) in [5, 5.41) is 6.79. The molecule has 0 radical (unpaired) electrons. The molecule has 18 heavy (non-hydrogen) atoms. The largest absolute Gasteiger partial charge is 0.454 e. The predicted octanol–water partition coefficient (Wildman–Crippen LogP) is 1.36. The molecule has 1 aromatic heterocycles. The third-order valence-corrected chi connectivity index (χ3v) is 2.86. The number of aromatic nitrogens is 2. The molecule has 0 bridgehead atoms. The van der Waals surface area contributed by atoms with Gasteiger partial charge in [0.1, 0.15) is 5.82 Å². The molecular weight excluding hydrogens is 232 g/mol. The molecule has 2 aromatic rings. The zero-order valence-electron chi connectivity index (χ0n) is 10.0. The zero-order valence-corrected chi connectivity index (χ0v) is 10.0. The van der Waals surface area contributed by atoms with Crippen LogP contribution in [0.4, 0.5) is 11.5 Å². The van der Waals surface area contributed by atoms with Gasteiger partial charge in [0.25, 0.3) is 0 Å². The normalized spacial score (nSPS) is 12.7.